The molecule has 102 valence electrons. The van der Waals surface area contributed by atoms with E-state index in [1.165, 1.54) is 6.92 Å². The molecule has 0 aliphatic heterocycles. The molecule has 1 aromatic carbocycles. The van der Waals surface area contributed by atoms with Crippen molar-refractivity contribution in [1.29, 1.82) is 0 Å². The summed E-state index contributed by atoms with van der Waals surface area (Å²) in [5, 5.41) is 2.72. The summed E-state index contributed by atoms with van der Waals surface area (Å²) < 4.78 is 35.7. The van der Waals surface area contributed by atoms with Gasteiger partial charge in [-0.3, -0.25) is 0 Å². The van der Waals surface area contributed by atoms with Crippen molar-refractivity contribution in [3.8, 4) is 11.5 Å². The van der Waals surface area contributed by atoms with Crippen molar-refractivity contribution in [2.75, 3.05) is 18.5 Å². The third kappa shape index (κ3) is 4.05. The normalized spacial score (nSPS) is 12.3. The molecule has 1 N–H and O–H groups in total. The minimum atomic E-state index is -2.41. The zero-order valence-electron chi connectivity index (χ0n) is 10.9. The second kappa shape index (κ2) is 7.03. The average molecular weight is 259 g/mol. The number of hydrogen-bond donors (Lipinski definition) is 1. The highest BCUT2D eigenvalue weighted by Gasteiger charge is 2.15. The molecule has 1 aromatic rings. The summed E-state index contributed by atoms with van der Waals surface area (Å²) in [6.45, 7) is 6.19. The number of ether oxygens (including phenoxy) is 2. The Bertz CT molecular complexity index is 372. The van der Waals surface area contributed by atoms with Gasteiger partial charge in [0.15, 0.2) is 11.5 Å². The lowest BCUT2D eigenvalue weighted by Crippen LogP contribution is -2.23. The molecular formula is C13H19F2NO2. The van der Waals surface area contributed by atoms with Gasteiger partial charge < -0.3 is 14.8 Å². The molecule has 0 aromatic heterocycles. The predicted molar refractivity (Wildman–Crippen MR) is 67.9 cm³/mol. The van der Waals surface area contributed by atoms with Crippen LogP contribution in [0.4, 0.5) is 14.5 Å². The molecule has 1 atom stereocenters. The Labute approximate surface area is 106 Å². The molecule has 0 fully saturated rings. The van der Waals surface area contributed by atoms with E-state index in [4.69, 9.17) is 9.47 Å². The van der Waals surface area contributed by atoms with Gasteiger partial charge >= 0.3 is 0 Å². The highest BCUT2D eigenvalue weighted by atomic mass is 19.3. The smallest absolute Gasteiger partial charge is 0.258 e. The summed E-state index contributed by atoms with van der Waals surface area (Å²) in [4.78, 5) is 0. The van der Waals surface area contributed by atoms with Gasteiger partial charge in [0.1, 0.15) is 0 Å². The van der Waals surface area contributed by atoms with Crippen molar-refractivity contribution in [2.24, 2.45) is 0 Å². The molecule has 3 nitrogen and oxygen atoms in total. The van der Waals surface area contributed by atoms with Gasteiger partial charge in [-0.25, -0.2) is 8.78 Å². The van der Waals surface area contributed by atoms with Gasteiger partial charge in [0.2, 0.25) is 0 Å². The Balaban J connectivity index is 2.85. The van der Waals surface area contributed by atoms with Crippen LogP contribution in [0.15, 0.2) is 18.2 Å². The Hall–Kier alpha value is -1.52. The number of rotatable bonds is 7. The molecule has 0 amide bonds. The SMILES string of the molecule is CCOc1ccc(NC(C)C(F)F)cc1OCC. The third-order valence-electron chi connectivity index (χ3n) is 2.32. The highest BCUT2D eigenvalue weighted by Crippen LogP contribution is 2.31. The number of halogens is 2. The monoisotopic (exact) mass is 259 g/mol. The van der Waals surface area contributed by atoms with E-state index in [1.807, 2.05) is 13.8 Å². The predicted octanol–water partition coefficient (Wildman–Crippen LogP) is 3.55. The zero-order chi connectivity index (χ0) is 13.5. The summed E-state index contributed by atoms with van der Waals surface area (Å²) in [7, 11) is 0. The molecule has 0 aliphatic carbocycles. The molecule has 0 bridgehead atoms. The van der Waals surface area contributed by atoms with Crippen molar-refractivity contribution in [3.05, 3.63) is 18.2 Å². The van der Waals surface area contributed by atoms with Crippen molar-refractivity contribution in [3.63, 3.8) is 0 Å². The first kappa shape index (κ1) is 14.5. The maximum absolute atomic E-state index is 12.4. The Kier molecular flexibility index (Phi) is 5.68. The molecule has 0 saturated heterocycles. The lowest BCUT2D eigenvalue weighted by Gasteiger charge is -2.16. The van der Waals surface area contributed by atoms with Crippen molar-refractivity contribution in [2.45, 2.75) is 33.2 Å². The molecule has 18 heavy (non-hydrogen) atoms. The third-order valence-corrected chi connectivity index (χ3v) is 2.32. The minimum absolute atomic E-state index is 0.494. The van der Waals surface area contributed by atoms with Crippen molar-refractivity contribution < 1.29 is 18.3 Å². The maximum atomic E-state index is 12.4. The van der Waals surface area contributed by atoms with Crippen LogP contribution in [0.2, 0.25) is 0 Å². The topological polar surface area (TPSA) is 30.5 Å². The van der Waals surface area contributed by atoms with E-state index in [-0.39, 0.29) is 0 Å². The van der Waals surface area contributed by atoms with Gasteiger partial charge in [0, 0.05) is 11.8 Å². The van der Waals surface area contributed by atoms with Crippen LogP contribution in [0.5, 0.6) is 11.5 Å². The lowest BCUT2D eigenvalue weighted by molar-refractivity contribution is 0.130. The van der Waals surface area contributed by atoms with Crippen LogP contribution in [0.1, 0.15) is 20.8 Å². The van der Waals surface area contributed by atoms with E-state index in [1.54, 1.807) is 18.2 Å². The van der Waals surface area contributed by atoms with Crippen LogP contribution in [-0.2, 0) is 0 Å². The van der Waals surface area contributed by atoms with E-state index in [0.717, 1.165) is 0 Å². The van der Waals surface area contributed by atoms with Crippen molar-refractivity contribution >= 4 is 5.69 Å². The second-order valence-electron chi connectivity index (χ2n) is 3.80. The summed E-state index contributed by atoms with van der Waals surface area (Å²) >= 11 is 0. The zero-order valence-corrected chi connectivity index (χ0v) is 10.9. The summed E-state index contributed by atoms with van der Waals surface area (Å²) in [5.74, 6) is 1.18. The van der Waals surface area contributed by atoms with E-state index in [2.05, 4.69) is 5.32 Å². The van der Waals surface area contributed by atoms with E-state index in [9.17, 15) is 8.78 Å². The summed E-state index contributed by atoms with van der Waals surface area (Å²) in [5.41, 5.74) is 0.592. The van der Waals surface area contributed by atoms with Gasteiger partial charge in [-0.15, -0.1) is 0 Å². The molecule has 1 rings (SSSR count). The van der Waals surface area contributed by atoms with Gasteiger partial charge in [-0.05, 0) is 32.9 Å². The molecule has 5 heteroatoms. The number of benzene rings is 1. The van der Waals surface area contributed by atoms with E-state index < -0.39 is 12.5 Å². The first-order valence-electron chi connectivity index (χ1n) is 6.02. The molecular weight excluding hydrogens is 240 g/mol. The highest BCUT2D eigenvalue weighted by molar-refractivity contribution is 5.55. The fourth-order valence-electron chi connectivity index (χ4n) is 1.47. The first-order valence-corrected chi connectivity index (χ1v) is 6.02. The molecule has 0 aliphatic rings. The van der Waals surface area contributed by atoms with E-state index in [0.29, 0.717) is 30.4 Å². The first-order chi connectivity index (χ1) is 8.58. The van der Waals surface area contributed by atoms with Gasteiger partial charge in [-0.1, -0.05) is 0 Å². The molecule has 0 spiro atoms. The fourth-order valence-corrected chi connectivity index (χ4v) is 1.47. The Morgan fingerprint density at radius 3 is 2.28 bits per heavy atom. The van der Waals surface area contributed by atoms with Crippen LogP contribution in [0.3, 0.4) is 0 Å². The lowest BCUT2D eigenvalue weighted by atomic mass is 10.2. The number of hydrogen-bond acceptors (Lipinski definition) is 3. The molecule has 0 saturated carbocycles. The molecule has 0 radical (unpaired) electrons. The molecule has 1 unspecified atom stereocenters. The Morgan fingerprint density at radius 1 is 1.11 bits per heavy atom. The number of anilines is 1. The van der Waals surface area contributed by atoms with Gasteiger partial charge in [0.25, 0.3) is 6.43 Å². The maximum Gasteiger partial charge on any atom is 0.258 e. The summed E-state index contributed by atoms with van der Waals surface area (Å²) in [6.07, 6.45) is -2.41. The largest absolute Gasteiger partial charge is 0.490 e. The van der Waals surface area contributed by atoms with Gasteiger partial charge in [0.05, 0.1) is 19.3 Å². The summed E-state index contributed by atoms with van der Waals surface area (Å²) in [6, 6.07) is 4.19. The van der Waals surface area contributed by atoms with Gasteiger partial charge in [-0.2, -0.15) is 0 Å². The van der Waals surface area contributed by atoms with Crippen molar-refractivity contribution in [1.82, 2.24) is 0 Å². The quantitative estimate of drug-likeness (QED) is 0.812. The van der Waals surface area contributed by atoms with Crippen LogP contribution in [0.25, 0.3) is 0 Å². The van der Waals surface area contributed by atoms with Crippen LogP contribution in [-0.4, -0.2) is 25.7 Å². The minimum Gasteiger partial charge on any atom is -0.490 e. The molecule has 0 heterocycles. The van der Waals surface area contributed by atoms with Crippen LogP contribution in [0, 0.1) is 0 Å². The number of nitrogens with one attached hydrogen (secondary N) is 1. The Morgan fingerprint density at radius 2 is 1.72 bits per heavy atom. The van der Waals surface area contributed by atoms with Crippen LogP contribution < -0.4 is 14.8 Å². The van der Waals surface area contributed by atoms with E-state index >= 15 is 0 Å². The average Bonchev–Trinajstić information content (AvgIpc) is 2.33. The second-order valence-corrected chi connectivity index (χ2v) is 3.80. The standard InChI is InChI=1S/C13H19F2NO2/c1-4-17-11-7-6-10(8-12(11)18-5-2)16-9(3)13(14)15/h6-9,13,16H,4-5H2,1-3H3. The fraction of sp³-hybridized carbons (Fsp3) is 0.538. The number of alkyl halides is 2. The van der Waals surface area contributed by atoms with Crippen LogP contribution >= 0.6 is 0 Å².